The van der Waals surface area contributed by atoms with Crippen molar-refractivity contribution in [1.29, 1.82) is 0 Å². The van der Waals surface area contributed by atoms with E-state index in [2.05, 4.69) is 121 Å². The fraction of sp³-hybridized carbons (Fsp3) is 0.500. The van der Waals surface area contributed by atoms with Crippen LogP contribution >= 0.6 is 23.5 Å². The molecule has 0 aromatic heterocycles. The second-order valence-corrected chi connectivity index (χ2v) is 13.0. The van der Waals surface area contributed by atoms with E-state index in [1.807, 2.05) is 0 Å². The first-order valence-corrected chi connectivity index (χ1v) is 18.1. The Labute approximate surface area is 253 Å². The van der Waals surface area contributed by atoms with Gasteiger partial charge in [-0.15, -0.1) is 0 Å². The standard InChI is InChI=1S/C36H52N2S2/c1-3-5-7-9-11-17-27-39-29-31-19-13-15-21-35(31)37-33-23-25-34(26-24-33)38-36-22-16-14-20-32(36)30-40-28-18-12-10-8-6-4-2/h13-16,19-26,37-38H,3-12,17-18,27-30H2,1-2H3. The smallest absolute Gasteiger partial charge is 0.0425 e. The molecule has 0 unspecified atom stereocenters. The Morgan fingerprint density at radius 3 is 1.25 bits per heavy atom. The monoisotopic (exact) mass is 576 g/mol. The Balaban J connectivity index is 1.44. The first-order valence-electron chi connectivity index (χ1n) is 15.8. The van der Waals surface area contributed by atoms with E-state index in [-0.39, 0.29) is 0 Å². The van der Waals surface area contributed by atoms with Crippen LogP contribution in [-0.2, 0) is 11.5 Å². The van der Waals surface area contributed by atoms with Crippen LogP contribution < -0.4 is 10.6 Å². The van der Waals surface area contributed by atoms with Gasteiger partial charge in [0.25, 0.3) is 0 Å². The van der Waals surface area contributed by atoms with Gasteiger partial charge in [-0.25, -0.2) is 0 Å². The molecule has 40 heavy (non-hydrogen) atoms. The molecule has 0 heterocycles. The van der Waals surface area contributed by atoms with Crippen LogP contribution in [0.5, 0.6) is 0 Å². The molecular weight excluding hydrogens is 525 g/mol. The predicted molar refractivity (Wildman–Crippen MR) is 185 cm³/mol. The highest BCUT2D eigenvalue weighted by Crippen LogP contribution is 2.28. The number of hydrogen-bond donors (Lipinski definition) is 2. The molecule has 0 radical (unpaired) electrons. The minimum absolute atomic E-state index is 1.06. The van der Waals surface area contributed by atoms with Crippen LogP contribution in [0.1, 0.15) is 102 Å². The van der Waals surface area contributed by atoms with Crippen molar-refractivity contribution in [3.8, 4) is 0 Å². The molecule has 0 aliphatic carbocycles. The number of para-hydroxylation sites is 2. The van der Waals surface area contributed by atoms with Crippen molar-refractivity contribution >= 4 is 46.3 Å². The van der Waals surface area contributed by atoms with Crippen molar-refractivity contribution in [3.63, 3.8) is 0 Å². The summed E-state index contributed by atoms with van der Waals surface area (Å²) in [5.41, 5.74) is 7.45. The summed E-state index contributed by atoms with van der Waals surface area (Å²) in [7, 11) is 0. The third-order valence-electron chi connectivity index (χ3n) is 7.28. The lowest BCUT2D eigenvalue weighted by molar-refractivity contribution is 0.627. The molecule has 0 saturated carbocycles. The average molecular weight is 577 g/mol. The maximum atomic E-state index is 3.66. The van der Waals surface area contributed by atoms with E-state index >= 15 is 0 Å². The van der Waals surface area contributed by atoms with Gasteiger partial charge >= 0.3 is 0 Å². The van der Waals surface area contributed by atoms with Gasteiger partial charge in [-0.05, 0) is 71.9 Å². The molecule has 0 saturated heterocycles. The second-order valence-electron chi connectivity index (χ2n) is 10.8. The summed E-state index contributed by atoms with van der Waals surface area (Å²) in [6, 6.07) is 26.2. The highest BCUT2D eigenvalue weighted by atomic mass is 32.2. The fourth-order valence-corrected chi connectivity index (χ4v) is 6.87. The van der Waals surface area contributed by atoms with Gasteiger partial charge in [-0.1, -0.05) is 114 Å². The molecule has 0 spiro atoms. The second kappa shape index (κ2) is 20.8. The quantitative estimate of drug-likeness (QED) is 0.116. The van der Waals surface area contributed by atoms with Crippen LogP contribution in [0.15, 0.2) is 72.8 Å². The van der Waals surface area contributed by atoms with Crippen LogP contribution in [0.4, 0.5) is 22.7 Å². The molecule has 218 valence electrons. The summed E-state index contributed by atoms with van der Waals surface area (Å²) in [6.45, 7) is 4.57. The first-order chi connectivity index (χ1) is 19.8. The molecule has 0 atom stereocenters. The van der Waals surface area contributed by atoms with Crippen molar-refractivity contribution in [2.24, 2.45) is 0 Å². The third kappa shape index (κ3) is 13.1. The zero-order valence-corrected chi connectivity index (χ0v) is 26.7. The molecule has 2 nitrogen and oxygen atoms in total. The predicted octanol–water partition coefficient (Wildman–Crippen LogP) is 12.4. The molecule has 0 fully saturated rings. The van der Waals surface area contributed by atoms with E-state index in [1.54, 1.807) is 0 Å². The number of unbranched alkanes of at least 4 members (excludes halogenated alkanes) is 10. The Bertz CT molecular complexity index is 966. The van der Waals surface area contributed by atoms with Gasteiger partial charge < -0.3 is 10.6 Å². The van der Waals surface area contributed by atoms with Gasteiger partial charge in [-0.2, -0.15) is 23.5 Å². The van der Waals surface area contributed by atoms with E-state index in [1.165, 1.54) is 111 Å². The van der Waals surface area contributed by atoms with E-state index in [0.29, 0.717) is 0 Å². The van der Waals surface area contributed by atoms with Crippen molar-refractivity contribution < 1.29 is 0 Å². The molecule has 0 aliphatic heterocycles. The number of rotatable bonds is 22. The van der Waals surface area contributed by atoms with Crippen molar-refractivity contribution in [1.82, 2.24) is 0 Å². The summed E-state index contributed by atoms with van der Waals surface area (Å²) >= 11 is 4.12. The minimum atomic E-state index is 1.06. The summed E-state index contributed by atoms with van der Waals surface area (Å²) in [5, 5.41) is 7.32. The Hall–Kier alpha value is -2.04. The summed E-state index contributed by atoms with van der Waals surface area (Å²) < 4.78 is 0. The van der Waals surface area contributed by atoms with E-state index < -0.39 is 0 Å². The normalized spacial score (nSPS) is 11.1. The Morgan fingerprint density at radius 1 is 0.450 bits per heavy atom. The number of thioether (sulfide) groups is 2. The molecule has 0 bridgehead atoms. The lowest BCUT2D eigenvalue weighted by Crippen LogP contribution is -1.97. The van der Waals surface area contributed by atoms with Crippen molar-refractivity contribution in [2.45, 2.75) is 102 Å². The highest BCUT2D eigenvalue weighted by molar-refractivity contribution is 7.98. The fourth-order valence-electron chi connectivity index (χ4n) is 4.82. The maximum Gasteiger partial charge on any atom is 0.0425 e. The molecule has 4 heteroatoms. The topological polar surface area (TPSA) is 24.1 Å². The largest absolute Gasteiger partial charge is 0.355 e. The highest BCUT2D eigenvalue weighted by Gasteiger charge is 2.06. The molecular formula is C36H52N2S2. The van der Waals surface area contributed by atoms with Crippen LogP contribution in [0, 0.1) is 0 Å². The number of benzene rings is 3. The number of anilines is 4. The maximum absolute atomic E-state index is 3.66. The first kappa shape index (κ1) is 32.5. The minimum Gasteiger partial charge on any atom is -0.355 e. The van der Waals surface area contributed by atoms with Gasteiger partial charge in [0.2, 0.25) is 0 Å². The van der Waals surface area contributed by atoms with Crippen LogP contribution in [0.2, 0.25) is 0 Å². The third-order valence-corrected chi connectivity index (χ3v) is 9.46. The summed E-state index contributed by atoms with van der Waals surface area (Å²) in [4.78, 5) is 0. The van der Waals surface area contributed by atoms with Gasteiger partial charge in [0.15, 0.2) is 0 Å². The summed E-state index contributed by atoms with van der Waals surface area (Å²) in [6.07, 6.45) is 16.4. The molecule has 2 N–H and O–H groups in total. The van der Waals surface area contributed by atoms with Gasteiger partial charge in [0, 0.05) is 34.3 Å². The average Bonchev–Trinajstić information content (AvgIpc) is 2.98. The van der Waals surface area contributed by atoms with Crippen molar-refractivity contribution in [3.05, 3.63) is 83.9 Å². The Morgan fingerprint density at radius 2 is 0.825 bits per heavy atom. The van der Waals surface area contributed by atoms with E-state index in [9.17, 15) is 0 Å². The molecule has 0 amide bonds. The van der Waals surface area contributed by atoms with E-state index in [4.69, 9.17) is 0 Å². The number of nitrogens with one attached hydrogen (secondary N) is 2. The number of hydrogen-bond acceptors (Lipinski definition) is 4. The molecule has 3 rings (SSSR count). The van der Waals surface area contributed by atoms with Gasteiger partial charge in [0.05, 0.1) is 0 Å². The lowest BCUT2D eigenvalue weighted by atomic mass is 10.1. The summed E-state index contributed by atoms with van der Waals surface area (Å²) in [5.74, 6) is 4.62. The van der Waals surface area contributed by atoms with Gasteiger partial charge in [-0.3, -0.25) is 0 Å². The SMILES string of the molecule is CCCCCCCCSCc1ccccc1Nc1ccc(Nc2ccccc2CSCCCCCCCC)cc1. The zero-order valence-electron chi connectivity index (χ0n) is 25.1. The van der Waals surface area contributed by atoms with Gasteiger partial charge in [0.1, 0.15) is 0 Å². The lowest BCUT2D eigenvalue weighted by Gasteiger charge is -2.14. The van der Waals surface area contributed by atoms with E-state index in [0.717, 1.165) is 22.9 Å². The molecule has 3 aromatic carbocycles. The Kier molecular flexibility index (Phi) is 16.9. The van der Waals surface area contributed by atoms with Crippen LogP contribution in [0.3, 0.4) is 0 Å². The molecule has 3 aromatic rings. The van der Waals surface area contributed by atoms with Crippen LogP contribution in [-0.4, -0.2) is 11.5 Å². The zero-order chi connectivity index (χ0) is 28.1. The van der Waals surface area contributed by atoms with Crippen LogP contribution in [0.25, 0.3) is 0 Å². The van der Waals surface area contributed by atoms with Crippen molar-refractivity contribution in [2.75, 3.05) is 22.1 Å². The molecule has 0 aliphatic rings.